The maximum Gasteiger partial charge on any atom is 0.287 e. The van der Waals surface area contributed by atoms with Crippen LogP contribution in [-0.4, -0.2) is 16.6 Å². The van der Waals surface area contributed by atoms with Crippen LogP contribution in [-0.2, 0) is 0 Å². The Bertz CT molecular complexity index is 354. The number of para-hydroxylation sites is 1. The summed E-state index contributed by atoms with van der Waals surface area (Å²) in [6, 6.07) is 4.92. The lowest BCUT2D eigenvalue weighted by atomic mass is 10.0. The van der Waals surface area contributed by atoms with E-state index in [4.69, 9.17) is 5.11 Å². The van der Waals surface area contributed by atoms with Gasteiger partial charge in [-0.05, 0) is 22.0 Å². The highest BCUT2D eigenvalue weighted by Crippen LogP contribution is 2.32. The number of nitro groups is 1. The topological polar surface area (TPSA) is 63.4 Å². The van der Waals surface area contributed by atoms with Crippen LogP contribution in [0.25, 0.3) is 0 Å². The molecule has 0 amide bonds. The molecule has 0 saturated carbocycles. The Morgan fingerprint density at radius 2 is 2.29 bits per heavy atom. The second-order valence-electron chi connectivity index (χ2n) is 2.83. The normalized spacial score (nSPS) is 10.6. The molecule has 75 valence electrons. The first kappa shape index (κ1) is 11.1. The van der Waals surface area contributed by atoms with E-state index in [0.717, 1.165) is 0 Å². The summed E-state index contributed by atoms with van der Waals surface area (Å²) in [5.74, 6) is 0.581. The zero-order valence-corrected chi connectivity index (χ0v) is 9.11. The Labute approximate surface area is 89.8 Å². The molecule has 5 heteroatoms. The van der Waals surface area contributed by atoms with E-state index in [1.165, 1.54) is 0 Å². The smallest absolute Gasteiger partial charge is 0.287 e. The summed E-state index contributed by atoms with van der Waals surface area (Å²) < 4.78 is 0.424. The number of nitrogens with zero attached hydrogens (tertiary/aromatic N) is 1. The van der Waals surface area contributed by atoms with Crippen LogP contribution >= 0.6 is 15.9 Å². The van der Waals surface area contributed by atoms with Crippen molar-refractivity contribution >= 4 is 21.6 Å². The zero-order chi connectivity index (χ0) is 10.7. The van der Waals surface area contributed by atoms with Crippen LogP contribution in [0.5, 0.6) is 0 Å². The molecule has 0 aromatic heterocycles. The first-order chi connectivity index (χ1) is 6.57. The predicted octanol–water partition coefficient (Wildman–Crippen LogP) is 2.29. The third-order valence-corrected chi connectivity index (χ3v) is 2.51. The summed E-state index contributed by atoms with van der Waals surface area (Å²) in [6.45, 7) is 1.48. The summed E-state index contributed by atoms with van der Waals surface area (Å²) in [5.41, 5.74) is 0.464. The number of halogens is 1. The molecule has 0 fully saturated rings. The summed E-state index contributed by atoms with van der Waals surface area (Å²) in [7, 11) is 0. The molecule has 0 saturated heterocycles. The van der Waals surface area contributed by atoms with Crippen LogP contribution in [0.4, 0.5) is 5.69 Å². The molecule has 0 atom stereocenters. The van der Waals surface area contributed by atoms with Crippen LogP contribution in [0, 0.1) is 16.0 Å². The molecule has 0 aliphatic rings. The van der Waals surface area contributed by atoms with Gasteiger partial charge in [0.2, 0.25) is 0 Å². The maximum absolute atomic E-state index is 10.7. The molecule has 0 bridgehead atoms. The van der Waals surface area contributed by atoms with Gasteiger partial charge in [0.1, 0.15) is 0 Å². The molecular formula is C9H9BrNO3. The average molecular weight is 259 g/mol. The van der Waals surface area contributed by atoms with Crippen LogP contribution in [0.3, 0.4) is 0 Å². The van der Waals surface area contributed by atoms with E-state index in [2.05, 4.69) is 15.9 Å². The molecule has 1 aromatic carbocycles. The van der Waals surface area contributed by atoms with Gasteiger partial charge in [-0.2, -0.15) is 0 Å². The third-order valence-electron chi connectivity index (χ3n) is 1.87. The van der Waals surface area contributed by atoms with E-state index in [1.54, 1.807) is 25.1 Å². The number of hydrogen-bond acceptors (Lipinski definition) is 3. The number of aliphatic hydroxyl groups excluding tert-OH is 1. The lowest BCUT2D eigenvalue weighted by molar-refractivity contribution is -0.386. The van der Waals surface area contributed by atoms with Crippen LogP contribution in [0.1, 0.15) is 12.5 Å². The molecule has 1 radical (unpaired) electrons. The first-order valence-corrected chi connectivity index (χ1v) is 4.73. The minimum absolute atomic E-state index is 0.000880. The van der Waals surface area contributed by atoms with Crippen molar-refractivity contribution < 1.29 is 10.0 Å². The molecule has 1 rings (SSSR count). The van der Waals surface area contributed by atoms with Gasteiger partial charge in [0.25, 0.3) is 5.69 Å². The fourth-order valence-corrected chi connectivity index (χ4v) is 1.64. The minimum atomic E-state index is -0.460. The van der Waals surface area contributed by atoms with Crippen LogP contribution < -0.4 is 0 Å². The zero-order valence-electron chi connectivity index (χ0n) is 7.53. The van der Waals surface area contributed by atoms with Crippen LogP contribution in [0.15, 0.2) is 22.7 Å². The predicted molar refractivity (Wildman–Crippen MR) is 55.9 cm³/mol. The second-order valence-corrected chi connectivity index (χ2v) is 3.69. The Hall–Kier alpha value is -0.940. The van der Waals surface area contributed by atoms with Gasteiger partial charge in [0.15, 0.2) is 0 Å². The van der Waals surface area contributed by atoms with Gasteiger partial charge < -0.3 is 5.11 Å². The monoisotopic (exact) mass is 258 g/mol. The van der Waals surface area contributed by atoms with Crippen molar-refractivity contribution in [3.8, 4) is 0 Å². The van der Waals surface area contributed by atoms with E-state index in [9.17, 15) is 10.1 Å². The molecule has 0 aliphatic heterocycles. The van der Waals surface area contributed by atoms with Gasteiger partial charge in [-0.3, -0.25) is 10.1 Å². The van der Waals surface area contributed by atoms with Crippen molar-refractivity contribution in [3.05, 3.63) is 44.3 Å². The van der Waals surface area contributed by atoms with Crippen molar-refractivity contribution in [2.24, 2.45) is 0 Å². The minimum Gasteiger partial charge on any atom is -0.395 e. The molecule has 0 heterocycles. The molecule has 1 aromatic rings. The van der Waals surface area contributed by atoms with Gasteiger partial charge in [0, 0.05) is 11.5 Å². The highest BCUT2D eigenvalue weighted by molar-refractivity contribution is 9.10. The Balaban J connectivity index is 3.28. The molecule has 0 unspecified atom stereocenters. The second kappa shape index (κ2) is 4.52. The molecule has 0 aliphatic carbocycles. The maximum atomic E-state index is 10.7. The van der Waals surface area contributed by atoms with Gasteiger partial charge in [-0.15, -0.1) is 0 Å². The van der Waals surface area contributed by atoms with E-state index < -0.39 is 4.92 Å². The molecule has 4 nitrogen and oxygen atoms in total. The quantitative estimate of drug-likeness (QED) is 0.669. The van der Waals surface area contributed by atoms with Crippen molar-refractivity contribution in [2.45, 2.75) is 6.92 Å². The van der Waals surface area contributed by atoms with Crippen molar-refractivity contribution in [1.82, 2.24) is 0 Å². The molecule has 0 spiro atoms. The summed E-state index contributed by atoms with van der Waals surface area (Å²) in [6.07, 6.45) is 0. The lowest BCUT2D eigenvalue weighted by Gasteiger charge is -2.08. The third kappa shape index (κ3) is 2.10. The summed E-state index contributed by atoms with van der Waals surface area (Å²) >= 11 is 3.11. The van der Waals surface area contributed by atoms with Crippen molar-refractivity contribution in [2.75, 3.05) is 6.61 Å². The molecule has 1 N–H and O–H groups in total. The van der Waals surface area contributed by atoms with Gasteiger partial charge >= 0.3 is 0 Å². The Morgan fingerprint density at radius 1 is 1.64 bits per heavy atom. The fourth-order valence-electron chi connectivity index (χ4n) is 1.13. The highest BCUT2D eigenvalue weighted by atomic mass is 79.9. The Kier molecular flexibility index (Phi) is 3.60. The van der Waals surface area contributed by atoms with E-state index in [1.807, 2.05) is 0 Å². The number of hydrogen-bond donors (Lipinski definition) is 1. The van der Waals surface area contributed by atoms with Gasteiger partial charge in [0.05, 0.1) is 16.0 Å². The fraction of sp³-hybridized carbons (Fsp3) is 0.222. The van der Waals surface area contributed by atoms with Gasteiger partial charge in [-0.25, -0.2) is 0 Å². The number of rotatable bonds is 3. The van der Waals surface area contributed by atoms with E-state index in [-0.39, 0.29) is 12.3 Å². The highest BCUT2D eigenvalue weighted by Gasteiger charge is 2.21. The number of nitro benzene ring substituents is 1. The largest absolute Gasteiger partial charge is 0.395 e. The lowest BCUT2D eigenvalue weighted by Crippen LogP contribution is -2.04. The van der Waals surface area contributed by atoms with Crippen LogP contribution in [0.2, 0.25) is 0 Å². The van der Waals surface area contributed by atoms with Crippen molar-refractivity contribution in [3.63, 3.8) is 0 Å². The van der Waals surface area contributed by atoms with Gasteiger partial charge in [-0.1, -0.05) is 19.1 Å². The average Bonchev–Trinajstić information content (AvgIpc) is 2.15. The summed E-state index contributed by atoms with van der Waals surface area (Å²) in [5, 5.41) is 19.7. The molecular weight excluding hydrogens is 250 g/mol. The standard InChI is InChI=1S/C9H9BrNO3/c1-6(5-12)7-3-2-4-8(10)9(7)11(13)14/h2-4,12H,5H2,1H3. The number of benzene rings is 1. The van der Waals surface area contributed by atoms with Crippen molar-refractivity contribution in [1.29, 1.82) is 0 Å². The summed E-state index contributed by atoms with van der Waals surface area (Å²) in [4.78, 5) is 10.3. The SMILES string of the molecule is C[C](CO)c1cccc(Br)c1[N+](=O)[O-]. The van der Waals surface area contributed by atoms with E-state index >= 15 is 0 Å². The molecule has 14 heavy (non-hydrogen) atoms. The first-order valence-electron chi connectivity index (χ1n) is 3.94. The van der Waals surface area contributed by atoms with E-state index in [0.29, 0.717) is 16.0 Å². The number of aliphatic hydroxyl groups is 1. The Morgan fingerprint density at radius 3 is 2.79 bits per heavy atom.